The number of pyridine rings is 1. The fourth-order valence-corrected chi connectivity index (χ4v) is 4.62. The second kappa shape index (κ2) is 8.80. The van der Waals surface area contributed by atoms with Crippen molar-refractivity contribution < 1.29 is 4.79 Å². The number of likely N-dealkylation sites (tertiary alicyclic amines) is 1. The molecule has 1 aromatic heterocycles. The number of hydrogen-bond donors (Lipinski definition) is 0. The SMILES string of the molecule is CC(=O)N(c1ccccc1)C1(c2cc(C)ccn2)CCN(Cc2ccccc2)CC1. The monoisotopic (exact) mass is 399 g/mol. The molecule has 0 spiro atoms. The topological polar surface area (TPSA) is 36.4 Å². The van der Waals surface area contributed by atoms with Gasteiger partial charge in [-0.3, -0.25) is 14.7 Å². The molecule has 0 unspecified atom stereocenters. The number of para-hydroxylation sites is 1. The third-order valence-corrected chi connectivity index (χ3v) is 6.08. The van der Waals surface area contributed by atoms with Crippen LogP contribution in [0.2, 0.25) is 0 Å². The Morgan fingerprint density at radius 3 is 2.23 bits per heavy atom. The standard InChI is InChI=1S/C26H29N3O/c1-21-13-16-27-25(19-21)26(29(22(2)30)24-11-7-4-8-12-24)14-17-28(18-15-26)20-23-9-5-3-6-10-23/h3-13,16,19H,14-15,17-18,20H2,1-2H3. The minimum atomic E-state index is -0.438. The Bertz CT molecular complexity index is 979. The number of nitrogens with zero attached hydrogens (tertiary/aromatic N) is 3. The van der Waals surface area contributed by atoms with Crippen LogP contribution in [0.1, 0.15) is 36.6 Å². The molecular formula is C26H29N3O. The van der Waals surface area contributed by atoms with Crippen LogP contribution in [0.3, 0.4) is 0 Å². The van der Waals surface area contributed by atoms with Gasteiger partial charge in [0.05, 0.1) is 11.2 Å². The number of aromatic nitrogens is 1. The average Bonchev–Trinajstić information content (AvgIpc) is 2.76. The van der Waals surface area contributed by atoms with Gasteiger partial charge in [0.2, 0.25) is 5.91 Å². The summed E-state index contributed by atoms with van der Waals surface area (Å²) in [5.74, 6) is 0.0565. The molecule has 1 aliphatic rings. The number of aryl methyl sites for hydroxylation is 1. The van der Waals surface area contributed by atoms with E-state index < -0.39 is 5.54 Å². The molecule has 0 atom stereocenters. The third-order valence-electron chi connectivity index (χ3n) is 6.08. The first-order chi connectivity index (χ1) is 14.6. The van der Waals surface area contributed by atoms with Gasteiger partial charge in [-0.1, -0.05) is 48.5 Å². The fraction of sp³-hybridized carbons (Fsp3) is 0.308. The highest BCUT2D eigenvalue weighted by molar-refractivity contribution is 5.93. The molecule has 0 radical (unpaired) electrons. The number of amides is 1. The lowest BCUT2D eigenvalue weighted by molar-refractivity contribution is -0.118. The molecule has 3 aromatic rings. The van der Waals surface area contributed by atoms with Gasteiger partial charge in [-0.25, -0.2) is 0 Å². The van der Waals surface area contributed by atoms with E-state index in [1.54, 1.807) is 6.92 Å². The molecule has 0 saturated carbocycles. The Balaban J connectivity index is 1.68. The summed E-state index contributed by atoms with van der Waals surface area (Å²) < 4.78 is 0. The Hall–Kier alpha value is -2.98. The number of piperidine rings is 1. The molecule has 0 N–H and O–H groups in total. The number of hydrogen-bond acceptors (Lipinski definition) is 3. The van der Waals surface area contributed by atoms with E-state index in [-0.39, 0.29) is 5.91 Å². The van der Waals surface area contributed by atoms with Crippen molar-refractivity contribution in [1.82, 2.24) is 9.88 Å². The number of anilines is 1. The molecule has 2 aromatic carbocycles. The smallest absolute Gasteiger partial charge is 0.224 e. The van der Waals surface area contributed by atoms with Gasteiger partial charge in [-0.2, -0.15) is 0 Å². The number of carbonyl (C=O) groups is 1. The predicted octanol–water partition coefficient (Wildman–Crippen LogP) is 4.93. The largest absolute Gasteiger partial charge is 0.301 e. The van der Waals surface area contributed by atoms with Gasteiger partial charge in [-0.15, -0.1) is 0 Å². The average molecular weight is 400 g/mol. The van der Waals surface area contributed by atoms with Crippen molar-refractivity contribution in [1.29, 1.82) is 0 Å². The first-order valence-electron chi connectivity index (χ1n) is 10.6. The lowest BCUT2D eigenvalue weighted by atomic mass is 9.81. The highest BCUT2D eigenvalue weighted by Crippen LogP contribution is 2.41. The van der Waals surface area contributed by atoms with Crippen LogP contribution in [-0.2, 0) is 16.9 Å². The predicted molar refractivity (Wildman–Crippen MR) is 121 cm³/mol. The van der Waals surface area contributed by atoms with Crippen molar-refractivity contribution in [2.24, 2.45) is 0 Å². The summed E-state index contributed by atoms with van der Waals surface area (Å²) in [6, 6.07) is 24.8. The van der Waals surface area contributed by atoms with E-state index in [1.165, 1.54) is 11.1 Å². The van der Waals surface area contributed by atoms with Gasteiger partial charge in [0.25, 0.3) is 0 Å². The van der Waals surface area contributed by atoms with Gasteiger partial charge >= 0.3 is 0 Å². The first kappa shape index (κ1) is 20.3. The van der Waals surface area contributed by atoms with Crippen LogP contribution in [0.25, 0.3) is 0 Å². The van der Waals surface area contributed by atoms with E-state index in [2.05, 4.69) is 48.2 Å². The highest BCUT2D eigenvalue weighted by Gasteiger charge is 2.44. The first-order valence-corrected chi connectivity index (χ1v) is 10.6. The summed E-state index contributed by atoms with van der Waals surface area (Å²) in [5.41, 5.74) is 3.98. The van der Waals surface area contributed by atoms with Crippen molar-refractivity contribution in [2.45, 2.75) is 38.8 Å². The molecule has 1 amide bonds. The molecule has 1 saturated heterocycles. The van der Waals surface area contributed by atoms with Crippen molar-refractivity contribution >= 4 is 11.6 Å². The zero-order valence-electron chi connectivity index (χ0n) is 17.8. The maximum absolute atomic E-state index is 13.0. The Labute approximate surface area is 179 Å². The lowest BCUT2D eigenvalue weighted by Gasteiger charge is -2.48. The van der Waals surface area contributed by atoms with Gasteiger partial charge in [0, 0.05) is 38.4 Å². The molecule has 0 aliphatic carbocycles. The van der Waals surface area contributed by atoms with Gasteiger partial charge in [0.15, 0.2) is 0 Å². The molecule has 0 bridgehead atoms. The normalized spacial score (nSPS) is 16.2. The quantitative estimate of drug-likeness (QED) is 0.610. The molecule has 4 rings (SSSR count). The van der Waals surface area contributed by atoms with Gasteiger partial charge in [-0.05, 0) is 55.2 Å². The third kappa shape index (κ3) is 4.14. The number of benzene rings is 2. The van der Waals surface area contributed by atoms with Crippen LogP contribution in [0.4, 0.5) is 5.69 Å². The van der Waals surface area contributed by atoms with Crippen LogP contribution in [0.5, 0.6) is 0 Å². The molecule has 154 valence electrons. The summed E-state index contributed by atoms with van der Waals surface area (Å²) in [4.78, 5) is 22.2. The highest BCUT2D eigenvalue weighted by atomic mass is 16.2. The van der Waals surface area contributed by atoms with E-state index in [1.807, 2.05) is 47.5 Å². The Morgan fingerprint density at radius 1 is 1.00 bits per heavy atom. The molecule has 2 heterocycles. The maximum atomic E-state index is 13.0. The van der Waals surface area contributed by atoms with Gasteiger partial charge < -0.3 is 4.90 Å². The summed E-state index contributed by atoms with van der Waals surface area (Å²) >= 11 is 0. The van der Waals surface area contributed by atoms with Crippen molar-refractivity contribution in [2.75, 3.05) is 18.0 Å². The van der Waals surface area contributed by atoms with Crippen LogP contribution >= 0.6 is 0 Å². The zero-order valence-corrected chi connectivity index (χ0v) is 17.8. The zero-order chi connectivity index (χ0) is 21.0. The van der Waals surface area contributed by atoms with Crippen LogP contribution in [0.15, 0.2) is 79.0 Å². The van der Waals surface area contributed by atoms with E-state index in [4.69, 9.17) is 4.98 Å². The van der Waals surface area contributed by atoms with Crippen molar-refractivity contribution in [3.63, 3.8) is 0 Å². The molecule has 4 nitrogen and oxygen atoms in total. The number of rotatable bonds is 5. The van der Waals surface area contributed by atoms with Crippen LogP contribution in [-0.4, -0.2) is 28.9 Å². The molecule has 1 fully saturated rings. The van der Waals surface area contributed by atoms with Crippen LogP contribution < -0.4 is 4.90 Å². The summed E-state index contributed by atoms with van der Waals surface area (Å²) in [7, 11) is 0. The molecular weight excluding hydrogens is 370 g/mol. The fourth-order valence-electron chi connectivity index (χ4n) is 4.62. The van der Waals surface area contributed by atoms with E-state index >= 15 is 0 Å². The van der Waals surface area contributed by atoms with Gasteiger partial charge in [0.1, 0.15) is 0 Å². The van der Waals surface area contributed by atoms with E-state index in [0.717, 1.165) is 43.9 Å². The van der Waals surface area contributed by atoms with Crippen molar-refractivity contribution in [3.05, 3.63) is 95.8 Å². The van der Waals surface area contributed by atoms with Crippen LogP contribution in [0, 0.1) is 6.92 Å². The second-order valence-corrected chi connectivity index (χ2v) is 8.20. The van der Waals surface area contributed by atoms with Crippen molar-refractivity contribution in [3.8, 4) is 0 Å². The molecule has 1 aliphatic heterocycles. The van der Waals surface area contributed by atoms with E-state index in [9.17, 15) is 4.79 Å². The number of carbonyl (C=O) groups excluding carboxylic acids is 1. The van der Waals surface area contributed by atoms with E-state index in [0.29, 0.717) is 0 Å². The minimum Gasteiger partial charge on any atom is -0.301 e. The Morgan fingerprint density at radius 2 is 1.63 bits per heavy atom. The summed E-state index contributed by atoms with van der Waals surface area (Å²) in [6.45, 7) is 6.52. The lowest BCUT2D eigenvalue weighted by Crippen LogP contribution is -2.55. The maximum Gasteiger partial charge on any atom is 0.224 e. The molecule has 4 heteroatoms. The summed E-state index contributed by atoms with van der Waals surface area (Å²) in [5, 5.41) is 0. The second-order valence-electron chi connectivity index (χ2n) is 8.20. The minimum absolute atomic E-state index is 0.0565. The Kier molecular flexibility index (Phi) is 5.96. The molecule has 30 heavy (non-hydrogen) atoms. The summed E-state index contributed by atoms with van der Waals surface area (Å²) in [6.07, 6.45) is 3.57.